The van der Waals surface area contributed by atoms with E-state index in [4.69, 9.17) is 4.99 Å². The highest BCUT2D eigenvalue weighted by atomic mass is 127. The third kappa shape index (κ3) is 4.92. The predicted octanol–water partition coefficient (Wildman–Crippen LogP) is 3.48. The number of halogens is 1. The molecule has 0 radical (unpaired) electrons. The molecule has 0 atom stereocenters. The molecule has 3 aromatic heterocycles. The Balaban J connectivity index is 0.00000256. The quantitative estimate of drug-likeness (QED) is 0.199. The summed E-state index contributed by atoms with van der Waals surface area (Å²) < 4.78 is 2.01. The van der Waals surface area contributed by atoms with E-state index >= 15 is 0 Å². The molecule has 3 heterocycles. The fraction of sp³-hybridized carbons (Fsp3) is 0.318. The van der Waals surface area contributed by atoms with Gasteiger partial charge in [-0.25, -0.2) is 0 Å². The van der Waals surface area contributed by atoms with Crippen molar-refractivity contribution >= 4 is 46.5 Å². The third-order valence-corrected chi connectivity index (χ3v) is 5.02. The number of aryl methyl sites for hydroxylation is 1. The minimum atomic E-state index is 0. The second kappa shape index (κ2) is 10.4. The summed E-state index contributed by atoms with van der Waals surface area (Å²) in [4.78, 5) is 8.07. The molecule has 0 aliphatic carbocycles. The molecular formula is C22H28IN7. The van der Waals surface area contributed by atoms with Gasteiger partial charge in [0, 0.05) is 49.4 Å². The van der Waals surface area contributed by atoms with E-state index in [1.165, 1.54) is 22.0 Å². The highest BCUT2D eigenvalue weighted by Gasteiger charge is 2.07. The Labute approximate surface area is 193 Å². The summed E-state index contributed by atoms with van der Waals surface area (Å²) in [5, 5.41) is 16.6. The number of benzene rings is 1. The van der Waals surface area contributed by atoms with Gasteiger partial charge in [-0.1, -0.05) is 18.2 Å². The van der Waals surface area contributed by atoms with Crippen molar-refractivity contribution < 1.29 is 0 Å². The first kappa shape index (κ1) is 22.1. The van der Waals surface area contributed by atoms with E-state index in [9.17, 15) is 0 Å². The van der Waals surface area contributed by atoms with Crippen molar-refractivity contribution in [3.8, 4) is 0 Å². The molecule has 0 saturated heterocycles. The number of guanidine groups is 1. The zero-order valence-electron chi connectivity index (χ0n) is 17.4. The maximum atomic E-state index is 4.70. The number of pyridine rings is 1. The van der Waals surface area contributed by atoms with Crippen molar-refractivity contribution in [2.75, 3.05) is 19.6 Å². The molecule has 0 spiro atoms. The topological polar surface area (TPSA) is 82.4 Å². The first-order chi connectivity index (χ1) is 14.3. The van der Waals surface area contributed by atoms with Crippen molar-refractivity contribution in [3.05, 3.63) is 65.7 Å². The number of aromatic nitrogens is 4. The standard InChI is InChI=1S/C22H27N7.HI/c1-3-23-22(25-13-11-20-28-27-19-9-4-5-14-29(19)20)24-12-10-17-15-26-18-8-6-7-16(2)21(17)18;/h4-9,14-15,26H,3,10-13H2,1-2H3,(H2,23,24,25);1H. The molecule has 30 heavy (non-hydrogen) atoms. The van der Waals surface area contributed by atoms with E-state index < -0.39 is 0 Å². The zero-order chi connectivity index (χ0) is 20.1. The first-order valence-electron chi connectivity index (χ1n) is 10.1. The van der Waals surface area contributed by atoms with Crippen molar-refractivity contribution in [1.82, 2.24) is 30.2 Å². The van der Waals surface area contributed by atoms with Crippen molar-refractivity contribution in [3.63, 3.8) is 0 Å². The lowest BCUT2D eigenvalue weighted by atomic mass is 10.1. The lowest BCUT2D eigenvalue weighted by molar-refractivity contribution is 0.787. The fourth-order valence-electron chi connectivity index (χ4n) is 3.63. The van der Waals surface area contributed by atoms with E-state index in [2.05, 4.69) is 64.1 Å². The van der Waals surface area contributed by atoms with Gasteiger partial charge in [-0.2, -0.15) is 0 Å². The number of hydrogen-bond donors (Lipinski definition) is 3. The van der Waals surface area contributed by atoms with Crippen LogP contribution in [-0.4, -0.2) is 45.2 Å². The number of aromatic amines is 1. The van der Waals surface area contributed by atoms with Gasteiger partial charge < -0.3 is 15.6 Å². The molecule has 1 aromatic carbocycles. The van der Waals surface area contributed by atoms with Gasteiger partial charge in [0.05, 0.1) is 0 Å². The number of rotatable bonds is 7. The first-order valence-corrected chi connectivity index (χ1v) is 10.1. The minimum Gasteiger partial charge on any atom is -0.361 e. The maximum Gasteiger partial charge on any atom is 0.191 e. The molecule has 0 amide bonds. The van der Waals surface area contributed by atoms with Crippen LogP contribution in [0.2, 0.25) is 0 Å². The molecule has 8 heteroatoms. The molecule has 4 aromatic rings. The number of H-pyrrole nitrogens is 1. The molecule has 158 valence electrons. The number of nitrogens with zero attached hydrogens (tertiary/aromatic N) is 4. The van der Waals surface area contributed by atoms with E-state index in [0.717, 1.165) is 43.4 Å². The Morgan fingerprint density at radius 1 is 1.10 bits per heavy atom. The van der Waals surface area contributed by atoms with Crippen molar-refractivity contribution in [2.45, 2.75) is 26.7 Å². The van der Waals surface area contributed by atoms with Crippen LogP contribution < -0.4 is 10.6 Å². The van der Waals surface area contributed by atoms with Gasteiger partial charge in [-0.3, -0.25) is 9.39 Å². The molecule has 0 unspecified atom stereocenters. The number of fused-ring (bicyclic) bond motifs is 2. The molecule has 3 N–H and O–H groups in total. The molecule has 0 aliphatic heterocycles. The summed E-state index contributed by atoms with van der Waals surface area (Å²) >= 11 is 0. The van der Waals surface area contributed by atoms with E-state index in [1.807, 2.05) is 28.8 Å². The van der Waals surface area contributed by atoms with Gasteiger partial charge in [-0.05, 0) is 49.6 Å². The number of hydrogen-bond acceptors (Lipinski definition) is 3. The van der Waals surface area contributed by atoms with Gasteiger partial charge in [0.2, 0.25) is 0 Å². The molecule has 0 aliphatic rings. The van der Waals surface area contributed by atoms with E-state index in [1.54, 1.807) is 0 Å². The molecule has 0 fully saturated rings. The van der Waals surface area contributed by atoms with Crippen LogP contribution in [0.4, 0.5) is 0 Å². The molecular weight excluding hydrogens is 489 g/mol. The highest BCUT2D eigenvalue weighted by molar-refractivity contribution is 14.0. The van der Waals surface area contributed by atoms with Crippen LogP contribution in [0.1, 0.15) is 23.9 Å². The largest absolute Gasteiger partial charge is 0.361 e. The number of nitrogens with one attached hydrogen (secondary N) is 3. The zero-order valence-corrected chi connectivity index (χ0v) is 19.7. The SMILES string of the molecule is CCNC(=NCCc1nnc2ccccn12)NCCc1c[nH]c2cccc(C)c12.I. The molecule has 0 bridgehead atoms. The fourth-order valence-corrected chi connectivity index (χ4v) is 3.63. The lowest BCUT2D eigenvalue weighted by Crippen LogP contribution is -2.38. The van der Waals surface area contributed by atoms with Gasteiger partial charge in [0.15, 0.2) is 11.6 Å². The maximum absolute atomic E-state index is 4.70. The average Bonchev–Trinajstić information content (AvgIpc) is 3.33. The van der Waals surface area contributed by atoms with Gasteiger partial charge in [0.1, 0.15) is 5.82 Å². The highest BCUT2D eigenvalue weighted by Crippen LogP contribution is 2.22. The van der Waals surface area contributed by atoms with Crippen LogP contribution in [0, 0.1) is 6.92 Å². The lowest BCUT2D eigenvalue weighted by Gasteiger charge is -2.11. The van der Waals surface area contributed by atoms with E-state index in [-0.39, 0.29) is 24.0 Å². The van der Waals surface area contributed by atoms with Crippen molar-refractivity contribution in [2.24, 2.45) is 4.99 Å². The monoisotopic (exact) mass is 517 g/mol. The van der Waals surface area contributed by atoms with Crippen LogP contribution in [0.25, 0.3) is 16.6 Å². The van der Waals surface area contributed by atoms with Crippen LogP contribution >= 0.6 is 24.0 Å². The second-order valence-electron chi connectivity index (χ2n) is 7.04. The average molecular weight is 517 g/mol. The number of aliphatic imine (C=N–C) groups is 1. The summed E-state index contributed by atoms with van der Waals surface area (Å²) in [6.45, 7) is 6.53. The van der Waals surface area contributed by atoms with E-state index in [0.29, 0.717) is 6.54 Å². The molecule has 4 rings (SSSR count). The van der Waals surface area contributed by atoms with Gasteiger partial charge in [-0.15, -0.1) is 34.2 Å². The summed E-state index contributed by atoms with van der Waals surface area (Å²) in [7, 11) is 0. The second-order valence-corrected chi connectivity index (χ2v) is 7.04. The Bertz CT molecular complexity index is 1130. The van der Waals surface area contributed by atoms with Gasteiger partial charge >= 0.3 is 0 Å². The Kier molecular flexibility index (Phi) is 7.67. The third-order valence-electron chi connectivity index (χ3n) is 5.02. The Morgan fingerprint density at radius 3 is 2.87 bits per heavy atom. The van der Waals surface area contributed by atoms with Crippen LogP contribution in [0.3, 0.4) is 0 Å². The van der Waals surface area contributed by atoms with Crippen LogP contribution in [-0.2, 0) is 12.8 Å². The van der Waals surface area contributed by atoms with Crippen LogP contribution in [0.15, 0.2) is 53.8 Å². The van der Waals surface area contributed by atoms with Crippen LogP contribution in [0.5, 0.6) is 0 Å². The van der Waals surface area contributed by atoms with Crippen molar-refractivity contribution in [1.29, 1.82) is 0 Å². The van der Waals surface area contributed by atoms with Gasteiger partial charge in [0.25, 0.3) is 0 Å². The molecule has 7 nitrogen and oxygen atoms in total. The smallest absolute Gasteiger partial charge is 0.191 e. The Hall–Kier alpha value is -2.62. The summed E-state index contributed by atoms with van der Waals surface area (Å²) in [6.07, 6.45) is 5.77. The predicted molar refractivity (Wildman–Crippen MR) is 133 cm³/mol. The summed E-state index contributed by atoms with van der Waals surface area (Å²) in [6, 6.07) is 12.3. The summed E-state index contributed by atoms with van der Waals surface area (Å²) in [5.41, 5.74) is 4.70. The molecule has 0 saturated carbocycles. The summed E-state index contributed by atoms with van der Waals surface area (Å²) in [5.74, 6) is 1.76. The Morgan fingerprint density at radius 2 is 2.00 bits per heavy atom. The minimum absolute atomic E-state index is 0. The normalized spacial score (nSPS) is 11.6.